The third-order valence-corrected chi connectivity index (χ3v) is 4.88. The number of anilines is 1. The number of nitrogens with two attached hydrogens (primary N) is 1. The molecule has 4 N–H and O–H groups in total. The van der Waals surface area contributed by atoms with E-state index < -0.39 is 0 Å². The Bertz CT molecular complexity index is 720. The van der Waals surface area contributed by atoms with Gasteiger partial charge in [-0.15, -0.1) is 0 Å². The molecule has 0 aliphatic carbocycles. The van der Waals surface area contributed by atoms with E-state index in [1.807, 2.05) is 19.1 Å². The molecule has 2 heterocycles. The molecule has 5 nitrogen and oxygen atoms in total. The quantitative estimate of drug-likeness (QED) is 0.588. The van der Waals surface area contributed by atoms with Crippen molar-refractivity contribution >= 4 is 5.82 Å². The lowest BCUT2D eigenvalue weighted by Gasteiger charge is -2.19. The molecule has 1 fully saturated rings. The predicted molar refractivity (Wildman–Crippen MR) is 106 cm³/mol. The van der Waals surface area contributed by atoms with Crippen LogP contribution < -0.4 is 16.4 Å². The van der Waals surface area contributed by atoms with Crippen molar-refractivity contribution < 1.29 is 9.13 Å². The first kappa shape index (κ1) is 19.7. The fourth-order valence-corrected chi connectivity index (χ4v) is 3.58. The number of aryl methyl sites for hydroxylation is 1. The molecule has 1 aromatic carbocycles. The van der Waals surface area contributed by atoms with Crippen LogP contribution in [-0.2, 0) is 17.6 Å². The normalized spacial score (nSPS) is 19.5. The van der Waals surface area contributed by atoms with Crippen LogP contribution in [0.4, 0.5) is 10.2 Å². The number of hydrogen-bond donors (Lipinski definition) is 3. The van der Waals surface area contributed by atoms with E-state index in [0.29, 0.717) is 18.3 Å². The summed E-state index contributed by atoms with van der Waals surface area (Å²) in [4.78, 5) is 4.44. The average molecular weight is 372 g/mol. The number of aromatic nitrogens is 1. The van der Waals surface area contributed by atoms with Crippen LogP contribution in [0.1, 0.15) is 16.8 Å². The third-order valence-electron chi connectivity index (χ3n) is 4.88. The molecule has 1 aromatic heterocycles. The van der Waals surface area contributed by atoms with Gasteiger partial charge in [0, 0.05) is 31.2 Å². The van der Waals surface area contributed by atoms with Crippen LogP contribution in [0.25, 0.3) is 0 Å². The molecule has 1 aliphatic heterocycles. The first-order valence-corrected chi connectivity index (χ1v) is 9.60. The van der Waals surface area contributed by atoms with E-state index in [-0.39, 0.29) is 11.9 Å². The van der Waals surface area contributed by atoms with Gasteiger partial charge < -0.3 is 21.1 Å². The zero-order chi connectivity index (χ0) is 19.1. The summed E-state index contributed by atoms with van der Waals surface area (Å²) in [6, 6.07) is 10.7. The Morgan fingerprint density at radius 1 is 1.26 bits per heavy atom. The van der Waals surface area contributed by atoms with E-state index >= 15 is 0 Å². The van der Waals surface area contributed by atoms with Crippen LogP contribution >= 0.6 is 0 Å². The van der Waals surface area contributed by atoms with Gasteiger partial charge in [-0.25, -0.2) is 9.37 Å². The Morgan fingerprint density at radius 3 is 2.96 bits per heavy atom. The highest BCUT2D eigenvalue weighted by atomic mass is 19.1. The smallest absolute Gasteiger partial charge is 0.123 e. The molecule has 2 atom stereocenters. The van der Waals surface area contributed by atoms with Crippen molar-refractivity contribution in [3.05, 3.63) is 59.0 Å². The zero-order valence-electron chi connectivity index (χ0n) is 15.9. The van der Waals surface area contributed by atoms with Crippen molar-refractivity contribution in [3.8, 4) is 0 Å². The maximum absolute atomic E-state index is 13.1. The van der Waals surface area contributed by atoms with Crippen molar-refractivity contribution in [2.24, 2.45) is 5.92 Å². The molecule has 0 spiro atoms. The molecule has 1 aliphatic rings. The standard InChI is InChI=1S/C21H29FN4O/c1-15-9-19(26-21(23)10-15)12-17-13-25-14-20(17)27-8-7-24-6-5-16-3-2-4-18(22)11-16/h2-4,9-11,17,20,24-25H,5-8,12-14H2,1H3,(H2,23,26)/t17-,20-/m1/s1. The summed E-state index contributed by atoms with van der Waals surface area (Å²) in [5.74, 6) is 0.808. The number of pyridine rings is 1. The number of nitrogens with one attached hydrogen (secondary N) is 2. The fraction of sp³-hybridized carbons (Fsp3) is 0.476. The lowest BCUT2D eigenvalue weighted by molar-refractivity contribution is 0.0397. The molecule has 0 saturated carbocycles. The zero-order valence-corrected chi connectivity index (χ0v) is 15.9. The van der Waals surface area contributed by atoms with Crippen molar-refractivity contribution in [1.82, 2.24) is 15.6 Å². The van der Waals surface area contributed by atoms with Gasteiger partial charge in [0.1, 0.15) is 11.6 Å². The largest absolute Gasteiger partial charge is 0.384 e. The molecule has 2 aromatic rings. The van der Waals surface area contributed by atoms with Gasteiger partial charge in [-0.3, -0.25) is 0 Å². The number of halogens is 1. The lowest BCUT2D eigenvalue weighted by atomic mass is 9.99. The first-order valence-electron chi connectivity index (χ1n) is 9.60. The molecule has 1 saturated heterocycles. The van der Waals surface area contributed by atoms with Crippen LogP contribution in [0.15, 0.2) is 36.4 Å². The Labute approximate surface area is 160 Å². The van der Waals surface area contributed by atoms with E-state index in [9.17, 15) is 4.39 Å². The minimum absolute atomic E-state index is 0.180. The van der Waals surface area contributed by atoms with E-state index in [1.54, 1.807) is 12.1 Å². The van der Waals surface area contributed by atoms with Gasteiger partial charge in [-0.05, 0) is 61.7 Å². The van der Waals surface area contributed by atoms with Crippen LogP contribution in [0.3, 0.4) is 0 Å². The minimum Gasteiger partial charge on any atom is -0.384 e. The summed E-state index contributed by atoms with van der Waals surface area (Å²) in [5.41, 5.74) is 9.04. The molecule has 0 amide bonds. The van der Waals surface area contributed by atoms with Crippen molar-refractivity contribution in [2.75, 3.05) is 38.5 Å². The molecule has 0 bridgehead atoms. The average Bonchev–Trinajstić information content (AvgIpc) is 3.04. The molecular weight excluding hydrogens is 343 g/mol. The lowest BCUT2D eigenvalue weighted by Crippen LogP contribution is -2.29. The van der Waals surface area contributed by atoms with Gasteiger partial charge in [0.05, 0.1) is 12.7 Å². The Kier molecular flexibility index (Phi) is 7.15. The molecule has 27 heavy (non-hydrogen) atoms. The second-order valence-electron chi connectivity index (χ2n) is 7.22. The Hall–Kier alpha value is -2.02. The van der Waals surface area contributed by atoms with E-state index in [1.165, 1.54) is 6.07 Å². The van der Waals surface area contributed by atoms with Gasteiger partial charge >= 0.3 is 0 Å². The number of ether oxygens (including phenoxy) is 1. The van der Waals surface area contributed by atoms with Crippen LogP contribution in [0.5, 0.6) is 0 Å². The van der Waals surface area contributed by atoms with Gasteiger partial charge in [-0.1, -0.05) is 12.1 Å². The SMILES string of the molecule is Cc1cc(N)nc(C[C@@H]2CNC[C@H]2OCCNCCc2cccc(F)c2)c1. The van der Waals surface area contributed by atoms with Crippen molar-refractivity contribution in [1.29, 1.82) is 0 Å². The number of nitrogens with zero attached hydrogens (tertiary/aromatic N) is 1. The number of rotatable bonds is 9. The summed E-state index contributed by atoms with van der Waals surface area (Å²) in [7, 11) is 0. The van der Waals surface area contributed by atoms with Gasteiger partial charge in [0.2, 0.25) is 0 Å². The maximum atomic E-state index is 13.1. The van der Waals surface area contributed by atoms with Crippen LogP contribution in [0.2, 0.25) is 0 Å². The van der Waals surface area contributed by atoms with Gasteiger partial charge in [-0.2, -0.15) is 0 Å². The van der Waals surface area contributed by atoms with E-state index in [0.717, 1.165) is 55.8 Å². The summed E-state index contributed by atoms with van der Waals surface area (Å²) >= 11 is 0. The van der Waals surface area contributed by atoms with Crippen molar-refractivity contribution in [3.63, 3.8) is 0 Å². The van der Waals surface area contributed by atoms with Gasteiger partial charge in [0.15, 0.2) is 0 Å². The molecular formula is C21H29FN4O. The summed E-state index contributed by atoms with van der Waals surface area (Å²) in [5, 5.41) is 6.77. The Morgan fingerprint density at radius 2 is 2.15 bits per heavy atom. The molecule has 6 heteroatoms. The van der Waals surface area contributed by atoms with E-state index in [2.05, 4.69) is 21.7 Å². The van der Waals surface area contributed by atoms with Crippen LogP contribution in [-0.4, -0.2) is 43.9 Å². The summed E-state index contributed by atoms with van der Waals surface area (Å²) in [6.07, 6.45) is 1.88. The fourth-order valence-electron chi connectivity index (χ4n) is 3.58. The summed E-state index contributed by atoms with van der Waals surface area (Å²) < 4.78 is 19.2. The molecule has 3 rings (SSSR count). The third kappa shape index (κ3) is 6.27. The molecule has 146 valence electrons. The minimum atomic E-state index is -0.180. The monoisotopic (exact) mass is 372 g/mol. The first-order chi connectivity index (χ1) is 13.1. The van der Waals surface area contributed by atoms with E-state index in [4.69, 9.17) is 10.5 Å². The summed E-state index contributed by atoms with van der Waals surface area (Å²) in [6.45, 7) is 6.11. The Balaban J connectivity index is 1.36. The maximum Gasteiger partial charge on any atom is 0.123 e. The van der Waals surface area contributed by atoms with Crippen LogP contribution in [0, 0.1) is 18.7 Å². The highest BCUT2D eigenvalue weighted by Crippen LogP contribution is 2.19. The van der Waals surface area contributed by atoms with Gasteiger partial charge in [0.25, 0.3) is 0 Å². The second kappa shape index (κ2) is 9.78. The second-order valence-corrected chi connectivity index (χ2v) is 7.22. The highest BCUT2D eigenvalue weighted by molar-refractivity contribution is 5.34. The predicted octanol–water partition coefficient (Wildman–Crippen LogP) is 2.09. The number of nitrogen functional groups attached to an aromatic ring is 1. The number of hydrogen-bond acceptors (Lipinski definition) is 5. The number of benzene rings is 1. The highest BCUT2D eigenvalue weighted by Gasteiger charge is 2.28. The molecule has 0 unspecified atom stereocenters. The molecule has 0 radical (unpaired) electrons. The van der Waals surface area contributed by atoms with Crippen molar-refractivity contribution in [2.45, 2.75) is 25.9 Å². The topological polar surface area (TPSA) is 72.2 Å².